The van der Waals surface area contributed by atoms with Gasteiger partial charge in [-0.15, -0.1) is 5.10 Å². The third kappa shape index (κ3) is 10.3. The second kappa shape index (κ2) is 19.6. The highest BCUT2D eigenvalue weighted by Gasteiger charge is 2.35. The number of aryl methyl sites for hydroxylation is 3. The molecule has 0 N–H and O–H groups in total. The van der Waals surface area contributed by atoms with Gasteiger partial charge in [-0.3, -0.25) is 4.79 Å². The lowest BCUT2D eigenvalue weighted by atomic mass is 9.84. The third-order valence-electron chi connectivity index (χ3n) is 10.9. The number of methoxy groups -OCH3 is 2. The fourth-order valence-electron chi connectivity index (χ4n) is 7.55. The summed E-state index contributed by atoms with van der Waals surface area (Å²) in [4.78, 5) is 13.2. The molecule has 0 aliphatic carbocycles. The smallest absolute Gasteiger partial charge is 0.385 e. The molecule has 0 saturated carbocycles. The van der Waals surface area contributed by atoms with Crippen LogP contribution in [-0.2, 0) is 57.4 Å². The van der Waals surface area contributed by atoms with Crippen molar-refractivity contribution < 1.29 is 41.1 Å². The van der Waals surface area contributed by atoms with Crippen molar-refractivity contribution in [2.75, 3.05) is 27.4 Å². The van der Waals surface area contributed by atoms with Gasteiger partial charge in [0.15, 0.2) is 11.5 Å². The molecule has 0 bridgehead atoms. The van der Waals surface area contributed by atoms with Gasteiger partial charge in [-0.2, -0.15) is 12.7 Å². The molecule has 6 aromatic rings. The maximum atomic E-state index is 13.7. The molecule has 0 fully saturated rings. The molecule has 0 radical (unpaired) electrons. The van der Waals surface area contributed by atoms with E-state index in [1.165, 1.54) is 11.4 Å². The summed E-state index contributed by atoms with van der Waals surface area (Å²) in [5.74, 6) is 1.01. The first-order valence-corrected chi connectivity index (χ1v) is 21.8. The van der Waals surface area contributed by atoms with Crippen LogP contribution < -0.4 is 18.4 Å². The van der Waals surface area contributed by atoms with E-state index in [0.717, 1.165) is 68.6 Å². The van der Waals surface area contributed by atoms with E-state index in [0.29, 0.717) is 37.7 Å². The molecule has 0 spiro atoms. The highest BCUT2D eigenvalue weighted by atomic mass is 32.2. The topological polar surface area (TPSA) is 141 Å². The number of esters is 1. The van der Waals surface area contributed by atoms with Crippen molar-refractivity contribution in [2.24, 2.45) is 0 Å². The van der Waals surface area contributed by atoms with Crippen molar-refractivity contribution >= 4 is 27.3 Å². The van der Waals surface area contributed by atoms with Crippen molar-refractivity contribution in [3.63, 3.8) is 0 Å². The van der Waals surface area contributed by atoms with Gasteiger partial charge < -0.3 is 27.9 Å². The Morgan fingerprint density at radius 1 is 0.869 bits per heavy atom. The number of aromatic nitrogens is 3. The van der Waals surface area contributed by atoms with Gasteiger partial charge in [0.1, 0.15) is 23.6 Å². The Labute approximate surface area is 357 Å². The molecule has 14 heteroatoms. The van der Waals surface area contributed by atoms with Crippen LogP contribution in [0.1, 0.15) is 76.6 Å². The molecule has 13 nitrogen and oxygen atoms in total. The number of nitrogens with zero attached hydrogens (tertiary/aromatic N) is 4. The summed E-state index contributed by atoms with van der Waals surface area (Å²) in [6.45, 7) is 8.21. The number of fused-ring (bicyclic) bond motifs is 2. The Morgan fingerprint density at radius 3 is 2.41 bits per heavy atom. The molecule has 61 heavy (non-hydrogen) atoms. The summed E-state index contributed by atoms with van der Waals surface area (Å²) in [6.07, 6.45) is 1.80. The minimum Gasteiger partial charge on any atom is -0.497 e. The molecular weight excluding hydrogens is 797 g/mol. The van der Waals surface area contributed by atoms with Crippen molar-refractivity contribution in [2.45, 2.75) is 78.8 Å². The van der Waals surface area contributed by atoms with Crippen molar-refractivity contribution in [3.8, 4) is 23.0 Å². The summed E-state index contributed by atoms with van der Waals surface area (Å²) in [5, 5.41) is 9.07. The van der Waals surface area contributed by atoms with Gasteiger partial charge in [-0.1, -0.05) is 71.9 Å². The second-order valence-electron chi connectivity index (χ2n) is 15.0. The third-order valence-corrected chi connectivity index (χ3v) is 12.2. The Bertz CT molecular complexity index is 2560. The fraction of sp³-hybridized carbons (Fsp3) is 0.340. The maximum absolute atomic E-state index is 13.7. The first-order chi connectivity index (χ1) is 29.6. The number of hydrogen-bond donors (Lipinski definition) is 0. The van der Waals surface area contributed by atoms with Gasteiger partial charge in [0.25, 0.3) is 0 Å². The molecule has 1 aliphatic rings. The van der Waals surface area contributed by atoms with Gasteiger partial charge in [0, 0.05) is 43.8 Å². The van der Waals surface area contributed by atoms with Crippen LogP contribution in [0.15, 0.2) is 97.1 Å². The molecule has 1 atom stereocenters. The van der Waals surface area contributed by atoms with E-state index in [2.05, 4.69) is 10.3 Å². The largest absolute Gasteiger partial charge is 0.497 e. The Morgan fingerprint density at radius 2 is 1.66 bits per heavy atom. The SMILES string of the molecule is CCOC(=O)CC(c1ccc(C)c(CN2Cc3cc(OCc4ccccc4)cc(OC)c3OS2(=O)=O)c1)c1ccc2c(nnn2CCCCOCc2ccc(OC)cc2)c1C. The second-order valence-corrected chi connectivity index (χ2v) is 16.6. The predicted octanol–water partition coefficient (Wildman–Crippen LogP) is 8.37. The molecule has 5 aromatic carbocycles. The minimum absolute atomic E-state index is 0.0316. The van der Waals surface area contributed by atoms with E-state index < -0.39 is 16.2 Å². The van der Waals surface area contributed by atoms with E-state index in [9.17, 15) is 13.2 Å². The van der Waals surface area contributed by atoms with Crippen LogP contribution in [0.2, 0.25) is 0 Å². The van der Waals surface area contributed by atoms with Crippen LogP contribution in [0.4, 0.5) is 0 Å². The minimum atomic E-state index is -4.21. The fourth-order valence-corrected chi connectivity index (χ4v) is 8.65. The molecular formula is C47H52N4O9S. The van der Waals surface area contributed by atoms with Gasteiger partial charge >= 0.3 is 16.3 Å². The van der Waals surface area contributed by atoms with Crippen LogP contribution in [0.3, 0.4) is 0 Å². The number of benzene rings is 5. The lowest BCUT2D eigenvalue weighted by Crippen LogP contribution is -2.37. The van der Waals surface area contributed by atoms with Crippen LogP contribution in [-0.4, -0.2) is 61.1 Å². The standard InChI is InChI=1S/C47H52N4O9S/c1-6-58-45(52)27-42(41-20-21-43-46(33(41)3)48-49-51(43)22-10-11-23-57-30-35-15-18-39(55-4)19-16-35)36-17-14-32(2)37(24-36)28-50-29-38-25-40(59-31-34-12-8-7-9-13-34)26-44(56-5)47(38)60-61(50,53)54/h7-9,12-21,24-26,42H,6,10-11,22-23,27-31H2,1-5H3. The van der Waals surface area contributed by atoms with Crippen LogP contribution >= 0.6 is 0 Å². The van der Waals surface area contributed by atoms with E-state index in [-0.39, 0.29) is 43.6 Å². The highest BCUT2D eigenvalue weighted by Crippen LogP contribution is 2.42. The first kappa shape index (κ1) is 43.1. The van der Waals surface area contributed by atoms with Crippen molar-refractivity contribution in [1.82, 2.24) is 19.3 Å². The zero-order valence-corrected chi connectivity index (χ0v) is 36.1. The summed E-state index contributed by atoms with van der Waals surface area (Å²) in [5.41, 5.74) is 8.67. The zero-order valence-electron chi connectivity index (χ0n) is 35.3. The van der Waals surface area contributed by atoms with Gasteiger partial charge in [-0.25, -0.2) is 4.68 Å². The van der Waals surface area contributed by atoms with E-state index >= 15 is 0 Å². The molecule has 2 heterocycles. The van der Waals surface area contributed by atoms with E-state index in [1.54, 1.807) is 26.2 Å². The Kier molecular flexibility index (Phi) is 13.9. The Hall–Kier alpha value is -5.96. The van der Waals surface area contributed by atoms with Gasteiger partial charge in [-0.05, 0) is 96.8 Å². The van der Waals surface area contributed by atoms with E-state index in [4.69, 9.17) is 27.9 Å². The summed E-state index contributed by atoms with van der Waals surface area (Å²) >= 11 is 0. The van der Waals surface area contributed by atoms with Crippen LogP contribution in [0, 0.1) is 13.8 Å². The van der Waals surface area contributed by atoms with Crippen molar-refractivity contribution in [1.29, 1.82) is 0 Å². The summed E-state index contributed by atoms with van der Waals surface area (Å²) < 4.78 is 64.4. The molecule has 0 saturated heterocycles. The Balaban J connectivity index is 1.08. The average Bonchev–Trinajstić information content (AvgIpc) is 3.68. The molecule has 1 aliphatic heterocycles. The lowest BCUT2D eigenvalue weighted by Gasteiger charge is -2.30. The number of carbonyl (C=O) groups is 1. The number of carbonyl (C=O) groups excluding carboxylic acids is 1. The van der Waals surface area contributed by atoms with Crippen LogP contribution in [0.25, 0.3) is 11.0 Å². The molecule has 0 amide bonds. The summed E-state index contributed by atoms with van der Waals surface area (Å²) in [6, 6.07) is 31.0. The first-order valence-electron chi connectivity index (χ1n) is 20.4. The average molecular weight is 849 g/mol. The lowest BCUT2D eigenvalue weighted by molar-refractivity contribution is -0.143. The highest BCUT2D eigenvalue weighted by molar-refractivity contribution is 7.84. The normalized spacial score (nSPS) is 13.9. The number of rotatable bonds is 19. The zero-order chi connectivity index (χ0) is 42.9. The van der Waals surface area contributed by atoms with Crippen molar-refractivity contribution in [3.05, 3.63) is 142 Å². The molecule has 1 unspecified atom stereocenters. The number of unbranched alkanes of at least 4 members (excludes halogenated alkanes) is 1. The quantitative estimate of drug-likeness (QED) is 0.0574. The van der Waals surface area contributed by atoms with Crippen LogP contribution in [0.5, 0.6) is 23.0 Å². The monoisotopic (exact) mass is 848 g/mol. The summed E-state index contributed by atoms with van der Waals surface area (Å²) in [7, 11) is -1.09. The predicted molar refractivity (Wildman–Crippen MR) is 231 cm³/mol. The molecule has 320 valence electrons. The van der Waals surface area contributed by atoms with Gasteiger partial charge in [0.2, 0.25) is 0 Å². The number of ether oxygens (including phenoxy) is 5. The van der Waals surface area contributed by atoms with Gasteiger partial charge in [0.05, 0.1) is 39.4 Å². The van der Waals surface area contributed by atoms with E-state index in [1.807, 2.05) is 103 Å². The maximum Gasteiger partial charge on any atom is 0.385 e. The molecule has 7 rings (SSSR count). The molecule has 1 aromatic heterocycles. The number of hydrogen-bond acceptors (Lipinski definition) is 11.